The van der Waals surface area contributed by atoms with E-state index in [2.05, 4.69) is 22.4 Å². The van der Waals surface area contributed by atoms with E-state index in [1.54, 1.807) is 16.4 Å². The summed E-state index contributed by atoms with van der Waals surface area (Å²) in [7, 11) is -3.44. The second-order valence-electron chi connectivity index (χ2n) is 6.51. The maximum atomic E-state index is 12.7. The van der Waals surface area contributed by atoms with Gasteiger partial charge in [-0.15, -0.1) is 21.5 Å². The zero-order valence-electron chi connectivity index (χ0n) is 15.3. The smallest absolute Gasteiger partial charge is 0.252 e. The van der Waals surface area contributed by atoms with Gasteiger partial charge in [-0.2, -0.15) is 4.31 Å². The number of aromatic nitrogens is 2. The lowest BCUT2D eigenvalue weighted by molar-refractivity contribution is -0.115. The highest BCUT2D eigenvalue weighted by Crippen LogP contribution is 2.27. The van der Waals surface area contributed by atoms with Crippen LogP contribution in [0, 0.1) is 0 Å². The van der Waals surface area contributed by atoms with Gasteiger partial charge in [-0.05, 0) is 31.4 Å². The first kappa shape index (κ1) is 20.4. The van der Waals surface area contributed by atoms with Crippen LogP contribution in [-0.4, -0.2) is 41.9 Å². The second-order valence-corrected chi connectivity index (χ2v) is 10.9. The van der Waals surface area contributed by atoms with Crippen LogP contribution in [0.5, 0.6) is 0 Å². The van der Waals surface area contributed by atoms with E-state index >= 15 is 0 Å². The molecule has 148 valence electrons. The average molecular weight is 429 g/mol. The molecule has 0 unspecified atom stereocenters. The van der Waals surface area contributed by atoms with E-state index in [-0.39, 0.29) is 12.3 Å². The average Bonchev–Trinajstić information content (AvgIpc) is 3.30. The van der Waals surface area contributed by atoms with Crippen molar-refractivity contribution in [2.45, 2.75) is 56.1 Å². The summed E-state index contributed by atoms with van der Waals surface area (Å²) in [4.78, 5) is 13.0. The fourth-order valence-electron chi connectivity index (χ4n) is 2.88. The summed E-state index contributed by atoms with van der Waals surface area (Å²) >= 11 is 2.55. The van der Waals surface area contributed by atoms with Crippen LogP contribution in [-0.2, 0) is 27.7 Å². The third-order valence-electron chi connectivity index (χ3n) is 4.34. The molecule has 0 aliphatic carbocycles. The first-order chi connectivity index (χ1) is 13.0. The molecule has 2 aromatic rings. The van der Waals surface area contributed by atoms with E-state index < -0.39 is 10.0 Å². The molecule has 0 aromatic carbocycles. The van der Waals surface area contributed by atoms with Gasteiger partial charge in [0.25, 0.3) is 10.0 Å². The fourth-order valence-corrected chi connectivity index (χ4v) is 6.70. The zero-order chi connectivity index (χ0) is 19.3. The maximum Gasteiger partial charge on any atom is 0.252 e. The Morgan fingerprint density at radius 2 is 1.96 bits per heavy atom. The molecule has 1 aliphatic heterocycles. The van der Waals surface area contributed by atoms with E-state index in [0.717, 1.165) is 48.4 Å². The van der Waals surface area contributed by atoms with Crippen molar-refractivity contribution in [2.75, 3.05) is 18.4 Å². The Labute approximate surface area is 167 Å². The van der Waals surface area contributed by atoms with Crippen molar-refractivity contribution in [1.82, 2.24) is 14.5 Å². The Morgan fingerprint density at radius 3 is 2.70 bits per heavy atom. The van der Waals surface area contributed by atoms with Gasteiger partial charge in [-0.3, -0.25) is 4.79 Å². The van der Waals surface area contributed by atoms with E-state index in [9.17, 15) is 13.2 Å². The lowest BCUT2D eigenvalue weighted by atomic mass is 10.2. The Bertz CT molecular complexity index is 870. The summed E-state index contributed by atoms with van der Waals surface area (Å²) in [5.41, 5.74) is 0. The van der Waals surface area contributed by atoms with Crippen molar-refractivity contribution in [2.24, 2.45) is 0 Å². The SMILES string of the molecule is CCCCc1nnc(NC(=O)Cc2ccc(S(=O)(=O)N3CCCCC3)s2)s1. The summed E-state index contributed by atoms with van der Waals surface area (Å²) < 4.78 is 27.2. The summed E-state index contributed by atoms with van der Waals surface area (Å²) in [6.07, 6.45) is 6.02. The van der Waals surface area contributed by atoms with Gasteiger partial charge in [0.05, 0.1) is 6.42 Å². The number of hydrogen-bond donors (Lipinski definition) is 1. The molecule has 7 nitrogen and oxygen atoms in total. The Kier molecular flexibility index (Phi) is 6.96. The third-order valence-corrected chi connectivity index (χ3v) is 8.69. The van der Waals surface area contributed by atoms with Crippen molar-refractivity contribution in [1.29, 1.82) is 0 Å². The number of carbonyl (C=O) groups excluding carboxylic acids is 1. The number of unbranched alkanes of at least 4 members (excludes halogenated alkanes) is 1. The Morgan fingerprint density at radius 1 is 1.19 bits per heavy atom. The molecule has 0 bridgehead atoms. The minimum absolute atomic E-state index is 0.129. The summed E-state index contributed by atoms with van der Waals surface area (Å²) in [6, 6.07) is 3.32. The van der Waals surface area contributed by atoms with Gasteiger partial charge in [0.1, 0.15) is 9.22 Å². The molecule has 2 aromatic heterocycles. The van der Waals surface area contributed by atoms with Crippen LogP contribution in [0.25, 0.3) is 0 Å². The van der Waals surface area contributed by atoms with Crippen molar-refractivity contribution in [3.8, 4) is 0 Å². The van der Waals surface area contributed by atoms with Crippen LogP contribution < -0.4 is 5.32 Å². The van der Waals surface area contributed by atoms with Crippen molar-refractivity contribution in [3.63, 3.8) is 0 Å². The minimum Gasteiger partial charge on any atom is -0.300 e. The van der Waals surface area contributed by atoms with Gasteiger partial charge >= 0.3 is 0 Å². The topological polar surface area (TPSA) is 92.3 Å². The van der Waals surface area contributed by atoms with E-state index in [0.29, 0.717) is 22.4 Å². The number of rotatable bonds is 8. The summed E-state index contributed by atoms with van der Waals surface area (Å²) in [6.45, 7) is 3.27. The van der Waals surface area contributed by atoms with E-state index in [1.807, 2.05) is 0 Å². The van der Waals surface area contributed by atoms with Gasteiger partial charge < -0.3 is 5.32 Å². The van der Waals surface area contributed by atoms with Crippen molar-refractivity contribution in [3.05, 3.63) is 22.0 Å². The highest BCUT2D eigenvalue weighted by Gasteiger charge is 2.27. The molecule has 1 saturated heterocycles. The number of aryl methyl sites for hydroxylation is 1. The molecule has 1 aliphatic rings. The number of piperidine rings is 1. The first-order valence-electron chi connectivity index (χ1n) is 9.20. The number of amides is 1. The number of hydrogen-bond acceptors (Lipinski definition) is 7. The largest absolute Gasteiger partial charge is 0.300 e. The molecule has 1 fully saturated rings. The lowest BCUT2D eigenvalue weighted by Crippen LogP contribution is -2.35. The monoisotopic (exact) mass is 428 g/mol. The van der Waals surface area contributed by atoms with Gasteiger partial charge in [0.15, 0.2) is 0 Å². The quantitative estimate of drug-likeness (QED) is 0.696. The standard InChI is InChI=1S/C17H24N4O3S3/c1-2-3-7-15-19-20-17(26-15)18-14(22)12-13-8-9-16(25-13)27(23,24)21-10-5-4-6-11-21/h8-9H,2-7,10-12H2,1H3,(H,18,20,22). The molecule has 27 heavy (non-hydrogen) atoms. The molecule has 1 amide bonds. The van der Waals surface area contributed by atoms with Gasteiger partial charge in [-0.1, -0.05) is 31.1 Å². The molecule has 0 atom stereocenters. The normalized spacial score (nSPS) is 15.7. The van der Waals surface area contributed by atoms with Gasteiger partial charge in [-0.25, -0.2) is 8.42 Å². The number of thiophene rings is 1. The number of carbonyl (C=O) groups is 1. The van der Waals surface area contributed by atoms with Gasteiger partial charge in [0.2, 0.25) is 11.0 Å². The zero-order valence-corrected chi connectivity index (χ0v) is 17.8. The number of nitrogens with one attached hydrogen (secondary N) is 1. The minimum atomic E-state index is -3.44. The first-order valence-corrected chi connectivity index (χ1v) is 12.3. The Hall–Kier alpha value is -1.36. The molecule has 3 heterocycles. The van der Waals surface area contributed by atoms with Crippen molar-refractivity contribution < 1.29 is 13.2 Å². The molecule has 0 spiro atoms. The second kappa shape index (κ2) is 9.22. The van der Waals surface area contributed by atoms with Crippen LogP contribution in [0.1, 0.15) is 48.9 Å². The predicted molar refractivity (Wildman–Crippen MR) is 108 cm³/mol. The number of nitrogens with zero attached hydrogens (tertiary/aromatic N) is 3. The van der Waals surface area contributed by atoms with Crippen LogP contribution >= 0.6 is 22.7 Å². The summed E-state index contributed by atoms with van der Waals surface area (Å²) in [5.74, 6) is -0.211. The van der Waals surface area contributed by atoms with Crippen LogP contribution in [0.2, 0.25) is 0 Å². The van der Waals surface area contributed by atoms with Gasteiger partial charge in [0, 0.05) is 24.4 Å². The van der Waals surface area contributed by atoms with E-state index in [4.69, 9.17) is 0 Å². The number of sulfonamides is 1. The highest BCUT2D eigenvalue weighted by molar-refractivity contribution is 7.91. The predicted octanol–water partition coefficient (Wildman–Crippen LogP) is 3.30. The fraction of sp³-hybridized carbons (Fsp3) is 0.588. The molecule has 10 heteroatoms. The van der Waals surface area contributed by atoms with Crippen LogP contribution in [0.4, 0.5) is 5.13 Å². The number of anilines is 1. The lowest BCUT2D eigenvalue weighted by Gasteiger charge is -2.25. The molecule has 3 rings (SSSR count). The van der Waals surface area contributed by atoms with Crippen molar-refractivity contribution >= 4 is 43.7 Å². The summed E-state index contributed by atoms with van der Waals surface area (Å²) in [5, 5.41) is 12.2. The Balaban J connectivity index is 1.58. The van der Waals surface area contributed by atoms with Crippen LogP contribution in [0.15, 0.2) is 16.3 Å². The molecule has 0 radical (unpaired) electrons. The molecular weight excluding hydrogens is 404 g/mol. The van der Waals surface area contributed by atoms with E-state index in [1.165, 1.54) is 22.7 Å². The molecular formula is C17H24N4O3S3. The highest BCUT2D eigenvalue weighted by atomic mass is 32.2. The molecule has 0 saturated carbocycles. The maximum absolute atomic E-state index is 12.7. The van der Waals surface area contributed by atoms with Crippen LogP contribution in [0.3, 0.4) is 0 Å². The molecule has 1 N–H and O–H groups in total. The third kappa shape index (κ3) is 5.34.